The SMILES string of the molecule is CC1[C@@H]2c3cccc4cccc(c34)[C@@H]12. The number of rotatable bonds is 0. The van der Waals surface area contributed by atoms with Crippen LogP contribution in [0.3, 0.4) is 0 Å². The predicted molar refractivity (Wildman–Crippen MR) is 58.6 cm³/mol. The molecule has 0 radical (unpaired) electrons. The Hall–Kier alpha value is -1.30. The molecule has 2 atom stereocenters. The molecule has 0 aromatic heterocycles. The molecule has 0 spiro atoms. The molecule has 2 aliphatic carbocycles. The van der Waals surface area contributed by atoms with Crippen LogP contribution in [0.25, 0.3) is 10.8 Å². The van der Waals surface area contributed by atoms with Gasteiger partial charge in [0.1, 0.15) is 0 Å². The summed E-state index contributed by atoms with van der Waals surface area (Å²) < 4.78 is 0. The third kappa shape index (κ3) is 0.608. The van der Waals surface area contributed by atoms with Gasteiger partial charge in [0.15, 0.2) is 0 Å². The molecule has 1 saturated carbocycles. The van der Waals surface area contributed by atoms with Gasteiger partial charge in [0.2, 0.25) is 0 Å². The first-order valence-electron chi connectivity index (χ1n) is 5.39. The van der Waals surface area contributed by atoms with E-state index in [0.29, 0.717) is 0 Å². The van der Waals surface area contributed by atoms with Crippen molar-refractivity contribution in [3.05, 3.63) is 47.5 Å². The molecular weight excluding hydrogens is 168 g/mol. The normalized spacial score (nSPS) is 31.9. The number of fused-ring (bicyclic) bond motifs is 3. The molecule has 0 bridgehead atoms. The lowest BCUT2D eigenvalue weighted by Gasteiger charge is -2.06. The Morgan fingerprint density at radius 3 is 2.00 bits per heavy atom. The largest absolute Gasteiger partial charge is 0.0613 e. The summed E-state index contributed by atoms with van der Waals surface area (Å²) in [4.78, 5) is 0. The van der Waals surface area contributed by atoms with Crippen LogP contribution in [-0.2, 0) is 0 Å². The quantitative estimate of drug-likeness (QED) is 0.580. The summed E-state index contributed by atoms with van der Waals surface area (Å²) in [6.07, 6.45) is 0. The maximum absolute atomic E-state index is 2.38. The lowest BCUT2D eigenvalue weighted by atomic mass is 9.99. The van der Waals surface area contributed by atoms with Crippen LogP contribution in [0.5, 0.6) is 0 Å². The van der Waals surface area contributed by atoms with Gasteiger partial charge in [-0.1, -0.05) is 43.3 Å². The van der Waals surface area contributed by atoms with Crippen molar-refractivity contribution >= 4 is 10.8 Å². The monoisotopic (exact) mass is 180 g/mol. The molecule has 68 valence electrons. The van der Waals surface area contributed by atoms with Crippen molar-refractivity contribution in [2.45, 2.75) is 18.8 Å². The lowest BCUT2D eigenvalue weighted by Crippen LogP contribution is -1.86. The van der Waals surface area contributed by atoms with E-state index >= 15 is 0 Å². The van der Waals surface area contributed by atoms with Gasteiger partial charge in [-0.05, 0) is 39.7 Å². The van der Waals surface area contributed by atoms with Gasteiger partial charge in [-0.3, -0.25) is 0 Å². The zero-order chi connectivity index (χ0) is 9.28. The Morgan fingerprint density at radius 2 is 1.43 bits per heavy atom. The van der Waals surface area contributed by atoms with E-state index in [-0.39, 0.29) is 0 Å². The Morgan fingerprint density at radius 1 is 0.857 bits per heavy atom. The lowest BCUT2D eigenvalue weighted by molar-refractivity contribution is 0.890. The molecular formula is C14H12. The van der Waals surface area contributed by atoms with Crippen molar-refractivity contribution in [3.63, 3.8) is 0 Å². The summed E-state index contributed by atoms with van der Waals surface area (Å²) in [5.41, 5.74) is 3.21. The minimum Gasteiger partial charge on any atom is -0.0613 e. The van der Waals surface area contributed by atoms with Crippen molar-refractivity contribution in [1.29, 1.82) is 0 Å². The third-order valence-corrected chi connectivity index (χ3v) is 4.07. The van der Waals surface area contributed by atoms with Crippen molar-refractivity contribution in [1.82, 2.24) is 0 Å². The van der Waals surface area contributed by atoms with Crippen LogP contribution >= 0.6 is 0 Å². The van der Waals surface area contributed by atoms with Crippen LogP contribution in [0.2, 0.25) is 0 Å². The standard InChI is InChI=1S/C14H12/c1-8-12-10-6-2-4-9-5-3-7-11(13(8)12)14(9)10/h2-8,12-13H,1H3/t12-,13-/m1/s1. The molecule has 0 N–H and O–H groups in total. The Bertz CT molecular complexity index is 494. The van der Waals surface area contributed by atoms with Gasteiger partial charge in [-0.2, -0.15) is 0 Å². The predicted octanol–water partition coefficient (Wildman–Crippen LogP) is 3.67. The Labute approximate surface area is 83.6 Å². The summed E-state index contributed by atoms with van der Waals surface area (Å²) in [6, 6.07) is 13.5. The van der Waals surface area contributed by atoms with E-state index in [1.807, 2.05) is 0 Å². The van der Waals surface area contributed by atoms with E-state index in [4.69, 9.17) is 0 Å². The van der Waals surface area contributed by atoms with E-state index in [1.54, 1.807) is 16.5 Å². The van der Waals surface area contributed by atoms with Crippen LogP contribution in [0, 0.1) is 5.92 Å². The molecule has 2 aliphatic rings. The summed E-state index contributed by atoms with van der Waals surface area (Å²) in [6.45, 7) is 2.38. The van der Waals surface area contributed by atoms with Crippen LogP contribution in [-0.4, -0.2) is 0 Å². The van der Waals surface area contributed by atoms with Gasteiger partial charge in [0.25, 0.3) is 0 Å². The molecule has 0 unspecified atom stereocenters. The second kappa shape index (κ2) is 2.03. The second-order valence-corrected chi connectivity index (χ2v) is 4.70. The average Bonchev–Trinajstić information content (AvgIpc) is 2.74. The summed E-state index contributed by atoms with van der Waals surface area (Å²) >= 11 is 0. The third-order valence-electron chi connectivity index (χ3n) is 4.07. The molecule has 1 fully saturated rings. The molecule has 0 amide bonds. The van der Waals surface area contributed by atoms with E-state index in [2.05, 4.69) is 43.3 Å². The highest BCUT2D eigenvalue weighted by Gasteiger charge is 2.53. The molecule has 14 heavy (non-hydrogen) atoms. The highest BCUT2D eigenvalue weighted by Crippen LogP contribution is 2.67. The maximum Gasteiger partial charge on any atom is -0.00521 e. The summed E-state index contributed by atoms with van der Waals surface area (Å²) in [7, 11) is 0. The van der Waals surface area contributed by atoms with Gasteiger partial charge in [0.05, 0.1) is 0 Å². The van der Waals surface area contributed by atoms with Crippen LogP contribution in [0.4, 0.5) is 0 Å². The van der Waals surface area contributed by atoms with E-state index in [9.17, 15) is 0 Å². The van der Waals surface area contributed by atoms with Crippen molar-refractivity contribution < 1.29 is 0 Å². The van der Waals surface area contributed by atoms with Crippen molar-refractivity contribution in [2.24, 2.45) is 5.92 Å². The van der Waals surface area contributed by atoms with Gasteiger partial charge in [-0.15, -0.1) is 0 Å². The summed E-state index contributed by atoms with van der Waals surface area (Å²) in [5.74, 6) is 2.57. The Balaban J connectivity index is 2.19. The molecule has 0 saturated heterocycles. The smallest absolute Gasteiger partial charge is 0.00521 e. The van der Waals surface area contributed by atoms with Crippen LogP contribution in [0.1, 0.15) is 29.9 Å². The van der Waals surface area contributed by atoms with Gasteiger partial charge >= 0.3 is 0 Å². The molecule has 0 nitrogen and oxygen atoms in total. The number of benzene rings is 2. The van der Waals surface area contributed by atoms with Gasteiger partial charge in [0, 0.05) is 0 Å². The van der Waals surface area contributed by atoms with Crippen molar-refractivity contribution in [2.75, 3.05) is 0 Å². The maximum atomic E-state index is 2.38. The van der Waals surface area contributed by atoms with E-state index in [0.717, 1.165) is 17.8 Å². The van der Waals surface area contributed by atoms with Crippen LogP contribution in [0.15, 0.2) is 36.4 Å². The Kier molecular flexibility index (Phi) is 1.02. The second-order valence-electron chi connectivity index (χ2n) is 4.70. The fraction of sp³-hybridized carbons (Fsp3) is 0.286. The average molecular weight is 180 g/mol. The fourth-order valence-corrected chi connectivity index (χ4v) is 3.37. The molecule has 2 aromatic rings. The van der Waals surface area contributed by atoms with E-state index in [1.165, 1.54) is 5.39 Å². The highest BCUT2D eigenvalue weighted by molar-refractivity contribution is 5.94. The first kappa shape index (κ1) is 7.05. The number of hydrogen-bond donors (Lipinski definition) is 0. The zero-order valence-electron chi connectivity index (χ0n) is 8.20. The van der Waals surface area contributed by atoms with E-state index < -0.39 is 0 Å². The first-order valence-corrected chi connectivity index (χ1v) is 5.39. The minimum absolute atomic E-state index is 0.844. The van der Waals surface area contributed by atoms with Gasteiger partial charge < -0.3 is 0 Å². The van der Waals surface area contributed by atoms with Gasteiger partial charge in [-0.25, -0.2) is 0 Å². The first-order chi connectivity index (χ1) is 6.88. The molecule has 2 aromatic carbocycles. The number of hydrogen-bond acceptors (Lipinski definition) is 0. The van der Waals surface area contributed by atoms with Crippen LogP contribution < -0.4 is 0 Å². The topological polar surface area (TPSA) is 0 Å². The molecule has 0 aliphatic heterocycles. The fourth-order valence-electron chi connectivity index (χ4n) is 3.37. The summed E-state index contributed by atoms with van der Waals surface area (Å²) in [5, 5.41) is 2.99. The minimum atomic E-state index is 0.844. The molecule has 0 heterocycles. The highest BCUT2D eigenvalue weighted by atomic mass is 14.6. The molecule has 0 heteroatoms. The zero-order valence-corrected chi connectivity index (χ0v) is 8.20. The van der Waals surface area contributed by atoms with Crippen molar-refractivity contribution in [3.8, 4) is 0 Å². The molecule has 4 rings (SSSR count).